The van der Waals surface area contributed by atoms with Crippen molar-refractivity contribution in [2.24, 2.45) is 5.10 Å². The maximum atomic E-state index is 12.7. The lowest BCUT2D eigenvalue weighted by atomic mass is 10.1. The number of carbonyl (C=O) groups excluding carboxylic acids is 2. The van der Waals surface area contributed by atoms with E-state index in [9.17, 15) is 9.59 Å². The number of amides is 1. The maximum absolute atomic E-state index is 12.7. The van der Waals surface area contributed by atoms with E-state index < -0.39 is 11.9 Å². The Morgan fingerprint density at radius 2 is 1.88 bits per heavy atom. The fraction of sp³-hybridized carbons (Fsp3) is 0.316. The van der Waals surface area contributed by atoms with E-state index >= 15 is 0 Å². The lowest BCUT2D eigenvalue weighted by Crippen LogP contribution is -2.21. The molecule has 0 saturated heterocycles. The molecule has 0 aliphatic carbocycles. The van der Waals surface area contributed by atoms with Crippen molar-refractivity contribution in [1.29, 1.82) is 0 Å². The van der Waals surface area contributed by atoms with E-state index in [0.717, 1.165) is 0 Å². The van der Waals surface area contributed by atoms with Crippen molar-refractivity contribution in [3.63, 3.8) is 0 Å². The monoisotopic (exact) mass is 458 g/mol. The Morgan fingerprint density at radius 1 is 1.21 bits per heavy atom. The zero-order chi connectivity index (χ0) is 24.1. The summed E-state index contributed by atoms with van der Waals surface area (Å²) in [5.41, 5.74) is 9.11. The lowest BCUT2D eigenvalue weighted by molar-refractivity contribution is -0.132. The molecule has 0 aliphatic rings. The number of anilines is 1. The highest BCUT2D eigenvalue weighted by Crippen LogP contribution is 2.38. The Bertz CT molecular complexity index is 1170. The molecular weight excluding hydrogens is 436 g/mol. The standard InChI is InChI=1S/C19H22N8O6/c1-9(2)15-14(22-26-27(15)18-17(20)24-33-25-18)19(29)23-21-8-11-6-12(30-4)16(32-10(3)28)13(7-11)31-5/h6-9H,1-5H3,(H2,20,24)(H,23,29)/b21-8-. The van der Waals surface area contributed by atoms with Gasteiger partial charge < -0.3 is 19.9 Å². The third-order valence-electron chi connectivity index (χ3n) is 4.27. The highest BCUT2D eigenvalue weighted by Gasteiger charge is 2.25. The molecule has 0 fully saturated rings. The predicted octanol–water partition coefficient (Wildman–Crippen LogP) is 1.06. The summed E-state index contributed by atoms with van der Waals surface area (Å²) in [5, 5.41) is 19.0. The van der Waals surface area contributed by atoms with Gasteiger partial charge in [-0.2, -0.15) is 9.78 Å². The summed E-state index contributed by atoms with van der Waals surface area (Å²) >= 11 is 0. The van der Waals surface area contributed by atoms with Crippen LogP contribution < -0.4 is 25.4 Å². The van der Waals surface area contributed by atoms with Gasteiger partial charge in [0.2, 0.25) is 17.4 Å². The molecule has 174 valence electrons. The van der Waals surface area contributed by atoms with Crippen molar-refractivity contribution in [3.8, 4) is 23.1 Å². The van der Waals surface area contributed by atoms with Crippen LogP contribution in [0.5, 0.6) is 17.2 Å². The first-order valence-electron chi connectivity index (χ1n) is 9.58. The maximum Gasteiger partial charge on any atom is 0.308 e. The SMILES string of the molecule is COc1cc(/C=N\NC(=O)c2nnn(-c3nonc3N)c2C(C)C)cc(OC)c1OC(C)=O. The number of hydrogen-bond donors (Lipinski definition) is 2. The number of carbonyl (C=O) groups is 2. The summed E-state index contributed by atoms with van der Waals surface area (Å²) in [6, 6.07) is 3.12. The summed E-state index contributed by atoms with van der Waals surface area (Å²) in [6.07, 6.45) is 1.36. The van der Waals surface area contributed by atoms with E-state index in [1.165, 1.54) is 32.0 Å². The van der Waals surface area contributed by atoms with Crippen molar-refractivity contribution in [2.75, 3.05) is 20.0 Å². The summed E-state index contributed by atoms with van der Waals surface area (Å²) in [5.74, 6) is -0.532. The molecule has 2 aromatic heterocycles. The summed E-state index contributed by atoms with van der Waals surface area (Å²) in [7, 11) is 2.83. The lowest BCUT2D eigenvalue weighted by Gasteiger charge is -2.13. The molecule has 3 rings (SSSR count). The van der Waals surface area contributed by atoms with Crippen LogP contribution in [0.25, 0.3) is 5.82 Å². The van der Waals surface area contributed by atoms with Gasteiger partial charge in [-0.15, -0.1) is 5.10 Å². The molecule has 0 atom stereocenters. The molecule has 1 aromatic carbocycles. The second-order valence-electron chi connectivity index (χ2n) is 6.91. The van der Waals surface area contributed by atoms with Gasteiger partial charge >= 0.3 is 5.97 Å². The summed E-state index contributed by atoms with van der Waals surface area (Å²) < 4.78 is 21.6. The highest BCUT2D eigenvalue weighted by atomic mass is 16.6. The number of nitrogen functional groups attached to an aromatic ring is 1. The second-order valence-corrected chi connectivity index (χ2v) is 6.91. The minimum Gasteiger partial charge on any atom is -0.493 e. The van der Waals surface area contributed by atoms with Gasteiger partial charge in [0.05, 0.1) is 26.1 Å². The fourth-order valence-electron chi connectivity index (χ4n) is 2.90. The Labute approximate surface area is 187 Å². The molecule has 0 bridgehead atoms. The first kappa shape index (κ1) is 23.2. The minimum absolute atomic E-state index is 0.00636. The largest absolute Gasteiger partial charge is 0.493 e. The van der Waals surface area contributed by atoms with Crippen molar-refractivity contribution in [2.45, 2.75) is 26.7 Å². The van der Waals surface area contributed by atoms with Crippen LogP contribution in [-0.2, 0) is 4.79 Å². The average molecular weight is 458 g/mol. The molecule has 0 aliphatic heterocycles. The molecular formula is C19H22N8O6. The second kappa shape index (κ2) is 9.76. The molecule has 2 heterocycles. The molecule has 0 unspecified atom stereocenters. The molecule has 33 heavy (non-hydrogen) atoms. The number of esters is 1. The number of hydrogen-bond acceptors (Lipinski definition) is 12. The van der Waals surface area contributed by atoms with Gasteiger partial charge in [-0.3, -0.25) is 9.59 Å². The van der Waals surface area contributed by atoms with Crippen LogP contribution in [0.3, 0.4) is 0 Å². The molecule has 0 radical (unpaired) electrons. The first-order valence-corrected chi connectivity index (χ1v) is 9.58. The van der Waals surface area contributed by atoms with Crippen LogP contribution >= 0.6 is 0 Å². The van der Waals surface area contributed by atoms with Gasteiger partial charge in [-0.05, 0) is 28.4 Å². The van der Waals surface area contributed by atoms with E-state index in [2.05, 4.69) is 35.8 Å². The quantitative estimate of drug-likeness (QED) is 0.213. The number of nitrogens with zero attached hydrogens (tertiary/aromatic N) is 6. The first-order chi connectivity index (χ1) is 15.8. The number of hydrazone groups is 1. The molecule has 0 saturated carbocycles. The number of methoxy groups -OCH3 is 2. The minimum atomic E-state index is -0.605. The van der Waals surface area contributed by atoms with Gasteiger partial charge in [-0.1, -0.05) is 19.1 Å². The van der Waals surface area contributed by atoms with Gasteiger partial charge in [0.25, 0.3) is 5.91 Å². The highest BCUT2D eigenvalue weighted by molar-refractivity contribution is 5.94. The number of benzene rings is 1. The van der Waals surface area contributed by atoms with Crippen LogP contribution in [0.2, 0.25) is 0 Å². The van der Waals surface area contributed by atoms with Crippen molar-refractivity contribution >= 4 is 23.9 Å². The summed E-state index contributed by atoms with van der Waals surface area (Å²) in [6.45, 7) is 4.96. The molecule has 3 N–H and O–H groups in total. The van der Waals surface area contributed by atoms with Gasteiger partial charge in [0, 0.05) is 12.5 Å². The topological polar surface area (TPSA) is 182 Å². The molecule has 14 heteroatoms. The van der Waals surface area contributed by atoms with Gasteiger partial charge in [0.15, 0.2) is 17.2 Å². The van der Waals surface area contributed by atoms with E-state index in [1.54, 1.807) is 12.1 Å². The third-order valence-corrected chi connectivity index (χ3v) is 4.27. The normalized spacial score (nSPS) is 11.1. The Morgan fingerprint density at radius 3 is 2.39 bits per heavy atom. The predicted molar refractivity (Wildman–Crippen MR) is 114 cm³/mol. The third kappa shape index (κ3) is 4.89. The van der Waals surface area contributed by atoms with E-state index in [-0.39, 0.29) is 40.5 Å². The molecule has 3 aromatic rings. The van der Waals surface area contributed by atoms with Crippen molar-refractivity contribution in [1.82, 2.24) is 30.7 Å². The van der Waals surface area contributed by atoms with Crippen LogP contribution in [0, 0.1) is 0 Å². The van der Waals surface area contributed by atoms with Crippen LogP contribution in [0.15, 0.2) is 21.9 Å². The average Bonchev–Trinajstić information content (AvgIpc) is 3.39. The van der Waals surface area contributed by atoms with Gasteiger partial charge in [-0.25, -0.2) is 10.1 Å². The van der Waals surface area contributed by atoms with Crippen molar-refractivity contribution in [3.05, 3.63) is 29.1 Å². The fourth-order valence-corrected chi connectivity index (χ4v) is 2.90. The Balaban J connectivity index is 1.84. The summed E-state index contributed by atoms with van der Waals surface area (Å²) in [4.78, 5) is 24.1. The Kier molecular flexibility index (Phi) is 6.85. The molecule has 1 amide bonds. The molecule has 14 nitrogen and oxygen atoms in total. The van der Waals surface area contributed by atoms with Crippen LogP contribution in [0.4, 0.5) is 5.82 Å². The number of rotatable bonds is 8. The van der Waals surface area contributed by atoms with E-state index in [4.69, 9.17) is 19.9 Å². The van der Waals surface area contributed by atoms with E-state index in [0.29, 0.717) is 11.3 Å². The van der Waals surface area contributed by atoms with Crippen LogP contribution in [-0.4, -0.2) is 57.6 Å². The zero-order valence-electron chi connectivity index (χ0n) is 18.5. The smallest absolute Gasteiger partial charge is 0.308 e. The van der Waals surface area contributed by atoms with Gasteiger partial charge in [0.1, 0.15) is 0 Å². The van der Waals surface area contributed by atoms with Crippen LogP contribution in [0.1, 0.15) is 48.4 Å². The zero-order valence-corrected chi connectivity index (χ0v) is 18.5. The number of nitrogens with one attached hydrogen (secondary N) is 1. The number of nitrogens with two attached hydrogens (primary N) is 1. The molecule has 0 spiro atoms. The number of aromatic nitrogens is 5. The Hall–Kier alpha value is -4.49. The number of ether oxygens (including phenoxy) is 3. The van der Waals surface area contributed by atoms with E-state index in [1.807, 2.05) is 13.8 Å². The van der Waals surface area contributed by atoms with Crippen molar-refractivity contribution < 1.29 is 28.4 Å².